The molecule has 0 aromatic carbocycles. The van der Waals surface area contributed by atoms with Crippen LogP contribution in [0.25, 0.3) is 0 Å². The van der Waals surface area contributed by atoms with Crippen molar-refractivity contribution in [3.05, 3.63) is 0 Å². The van der Waals surface area contributed by atoms with E-state index < -0.39 is 0 Å². The minimum absolute atomic E-state index is 0.0414. The molecular weight excluding hydrogens is 268 g/mol. The van der Waals surface area contributed by atoms with E-state index in [1.165, 1.54) is 57.8 Å². The van der Waals surface area contributed by atoms with Crippen LogP contribution in [-0.2, 0) is 4.79 Å². The summed E-state index contributed by atoms with van der Waals surface area (Å²) in [5, 5.41) is 0. The van der Waals surface area contributed by atoms with Crippen LogP contribution in [-0.4, -0.2) is 5.78 Å². The summed E-state index contributed by atoms with van der Waals surface area (Å²) < 4.78 is 0. The molecule has 0 heterocycles. The van der Waals surface area contributed by atoms with Crippen molar-refractivity contribution in [1.82, 2.24) is 0 Å². The fraction of sp³-hybridized carbons (Fsp3) is 0.952. The lowest BCUT2D eigenvalue weighted by Gasteiger charge is -2.59. The van der Waals surface area contributed by atoms with Crippen LogP contribution in [0.1, 0.15) is 85.0 Å². The van der Waals surface area contributed by atoms with Crippen LogP contribution in [0.2, 0.25) is 0 Å². The summed E-state index contributed by atoms with van der Waals surface area (Å²) in [5.74, 6) is 4.50. The Morgan fingerprint density at radius 2 is 1.82 bits per heavy atom. The van der Waals surface area contributed by atoms with Crippen LogP contribution < -0.4 is 0 Å². The molecule has 4 fully saturated rings. The van der Waals surface area contributed by atoms with Gasteiger partial charge in [-0.3, -0.25) is 4.79 Å². The Kier molecular flexibility index (Phi) is 3.51. The van der Waals surface area contributed by atoms with Crippen molar-refractivity contribution >= 4 is 5.78 Å². The van der Waals surface area contributed by atoms with Gasteiger partial charge in [0, 0.05) is 11.3 Å². The molecule has 7 atom stereocenters. The number of hydrogen-bond acceptors (Lipinski definition) is 1. The highest BCUT2D eigenvalue weighted by atomic mass is 16.1. The van der Waals surface area contributed by atoms with Crippen molar-refractivity contribution in [2.24, 2.45) is 40.4 Å². The molecule has 124 valence electrons. The van der Waals surface area contributed by atoms with Gasteiger partial charge in [-0.15, -0.1) is 0 Å². The molecule has 4 rings (SSSR count). The van der Waals surface area contributed by atoms with Gasteiger partial charge in [0.05, 0.1) is 0 Å². The quantitative estimate of drug-likeness (QED) is 0.614. The largest absolute Gasteiger partial charge is 0.299 e. The van der Waals surface area contributed by atoms with Crippen LogP contribution >= 0.6 is 0 Å². The van der Waals surface area contributed by atoms with Crippen LogP contribution in [0.3, 0.4) is 0 Å². The molecule has 0 radical (unpaired) electrons. The molecule has 0 aromatic rings. The smallest absolute Gasteiger partial charge is 0.142 e. The van der Waals surface area contributed by atoms with Gasteiger partial charge in [0.1, 0.15) is 5.78 Å². The van der Waals surface area contributed by atoms with Crippen molar-refractivity contribution in [3.63, 3.8) is 0 Å². The van der Waals surface area contributed by atoms with Gasteiger partial charge >= 0.3 is 0 Å². The van der Waals surface area contributed by atoms with E-state index in [1.54, 1.807) is 0 Å². The summed E-state index contributed by atoms with van der Waals surface area (Å²) in [6.45, 7) is 7.19. The first kappa shape index (κ1) is 15.2. The van der Waals surface area contributed by atoms with Crippen molar-refractivity contribution in [3.8, 4) is 0 Å². The van der Waals surface area contributed by atoms with Gasteiger partial charge in [-0.05, 0) is 80.5 Å². The lowest BCUT2D eigenvalue weighted by atomic mass is 9.45. The minimum atomic E-state index is 0.0414. The maximum atomic E-state index is 12.9. The summed E-state index contributed by atoms with van der Waals surface area (Å²) in [6.07, 6.45) is 13.6. The van der Waals surface area contributed by atoms with Crippen LogP contribution in [0.15, 0.2) is 0 Å². The van der Waals surface area contributed by atoms with E-state index in [4.69, 9.17) is 0 Å². The van der Waals surface area contributed by atoms with Crippen LogP contribution in [0.4, 0.5) is 0 Å². The zero-order valence-electron chi connectivity index (χ0n) is 14.9. The highest BCUT2D eigenvalue weighted by Crippen LogP contribution is 2.66. The fourth-order valence-electron chi connectivity index (χ4n) is 7.59. The van der Waals surface area contributed by atoms with Gasteiger partial charge in [0.2, 0.25) is 0 Å². The van der Waals surface area contributed by atoms with E-state index >= 15 is 0 Å². The molecule has 0 bridgehead atoms. The first-order valence-electron chi connectivity index (χ1n) is 10.0. The predicted molar refractivity (Wildman–Crippen MR) is 90.5 cm³/mol. The molecule has 0 aromatic heterocycles. The minimum Gasteiger partial charge on any atom is -0.299 e. The summed E-state index contributed by atoms with van der Waals surface area (Å²) in [4.78, 5) is 12.9. The third-order valence-electron chi connectivity index (χ3n) is 8.94. The first-order valence-corrected chi connectivity index (χ1v) is 10.0. The Balaban J connectivity index is 1.65. The summed E-state index contributed by atoms with van der Waals surface area (Å²) in [5.41, 5.74) is 0.648. The highest BCUT2D eigenvalue weighted by Gasteiger charge is 2.61. The predicted octanol–water partition coefficient (Wildman–Crippen LogP) is 5.62. The van der Waals surface area contributed by atoms with Crippen molar-refractivity contribution in [2.45, 2.75) is 85.0 Å². The lowest BCUT2D eigenvalue weighted by molar-refractivity contribution is -0.140. The number of rotatable bonds is 1. The fourth-order valence-corrected chi connectivity index (χ4v) is 7.59. The van der Waals surface area contributed by atoms with Gasteiger partial charge in [0.15, 0.2) is 0 Å². The third kappa shape index (κ3) is 1.86. The van der Waals surface area contributed by atoms with Crippen molar-refractivity contribution < 1.29 is 4.79 Å². The SMILES string of the molecule is CC[C@H]1C[C@H]2[C@@H]3CC[C@@H]4CCCC[C@]4(C)[C@H]3CC[C@]2(C)C1=O. The summed E-state index contributed by atoms with van der Waals surface area (Å²) in [7, 11) is 0. The maximum Gasteiger partial charge on any atom is 0.142 e. The van der Waals surface area contributed by atoms with E-state index in [-0.39, 0.29) is 5.41 Å². The topological polar surface area (TPSA) is 17.1 Å². The Bertz CT molecular complexity index is 469. The standard InChI is InChI=1S/C21H34O/c1-4-14-13-18-16-9-8-15-7-5-6-11-20(15,2)17(16)10-12-21(18,3)19(14)22/h14-18H,4-13H2,1-3H3/t14-,15-,16+,17-,18-,20-,21-/m0/s1. The number of carbonyl (C=O) groups is 1. The summed E-state index contributed by atoms with van der Waals surface area (Å²) in [6, 6.07) is 0. The zero-order valence-corrected chi connectivity index (χ0v) is 14.9. The van der Waals surface area contributed by atoms with E-state index in [0.29, 0.717) is 23.0 Å². The molecule has 4 aliphatic rings. The number of fused-ring (bicyclic) bond motifs is 5. The average molecular weight is 303 g/mol. The third-order valence-corrected chi connectivity index (χ3v) is 8.94. The van der Waals surface area contributed by atoms with E-state index in [0.717, 1.165) is 24.2 Å². The van der Waals surface area contributed by atoms with Gasteiger partial charge in [-0.1, -0.05) is 33.6 Å². The Labute approximate surface area is 136 Å². The molecule has 0 aliphatic heterocycles. The molecular formula is C21H34O. The van der Waals surface area contributed by atoms with Crippen molar-refractivity contribution in [2.75, 3.05) is 0 Å². The molecule has 0 N–H and O–H groups in total. The first-order chi connectivity index (χ1) is 10.5. The molecule has 4 aliphatic carbocycles. The molecule has 0 saturated heterocycles. The second-order valence-corrected chi connectivity index (χ2v) is 9.56. The van der Waals surface area contributed by atoms with Crippen LogP contribution in [0, 0.1) is 40.4 Å². The normalized spacial score (nSPS) is 54.5. The molecule has 0 amide bonds. The van der Waals surface area contributed by atoms with E-state index in [9.17, 15) is 4.79 Å². The zero-order chi connectivity index (χ0) is 15.5. The lowest BCUT2D eigenvalue weighted by Crippen LogP contribution is -2.52. The van der Waals surface area contributed by atoms with Gasteiger partial charge in [0.25, 0.3) is 0 Å². The number of ketones is 1. The number of Topliss-reactive ketones (excluding diaryl/α,β-unsaturated/α-hetero) is 1. The monoisotopic (exact) mass is 302 g/mol. The van der Waals surface area contributed by atoms with Crippen molar-refractivity contribution in [1.29, 1.82) is 0 Å². The summed E-state index contributed by atoms with van der Waals surface area (Å²) >= 11 is 0. The molecule has 1 heteroatoms. The van der Waals surface area contributed by atoms with Crippen LogP contribution in [0.5, 0.6) is 0 Å². The van der Waals surface area contributed by atoms with E-state index in [1.807, 2.05) is 0 Å². The highest BCUT2D eigenvalue weighted by molar-refractivity contribution is 5.89. The molecule has 0 spiro atoms. The van der Waals surface area contributed by atoms with Gasteiger partial charge < -0.3 is 0 Å². The average Bonchev–Trinajstić information content (AvgIpc) is 2.78. The van der Waals surface area contributed by atoms with Gasteiger partial charge in [-0.25, -0.2) is 0 Å². The maximum absolute atomic E-state index is 12.9. The molecule has 22 heavy (non-hydrogen) atoms. The van der Waals surface area contributed by atoms with Gasteiger partial charge in [-0.2, -0.15) is 0 Å². The Morgan fingerprint density at radius 1 is 1.00 bits per heavy atom. The second kappa shape index (κ2) is 5.08. The number of hydrogen-bond donors (Lipinski definition) is 0. The molecule has 1 nitrogen and oxygen atoms in total. The molecule has 0 unspecified atom stereocenters. The molecule has 4 saturated carbocycles. The number of carbonyl (C=O) groups excluding carboxylic acids is 1. The Hall–Kier alpha value is -0.330. The van der Waals surface area contributed by atoms with E-state index in [2.05, 4.69) is 20.8 Å². The Morgan fingerprint density at radius 3 is 2.59 bits per heavy atom. The second-order valence-electron chi connectivity index (χ2n) is 9.56.